The molecule has 0 aliphatic heterocycles. The summed E-state index contributed by atoms with van der Waals surface area (Å²) in [6, 6.07) is 4.28. The molecular formula is C13H15BrN2O4. The number of nitro groups is 1. The summed E-state index contributed by atoms with van der Waals surface area (Å²) in [4.78, 5) is 22.8. The molecule has 1 saturated carbocycles. The first-order valence-electron chi connectivity index (χ1n) is 6.30. The average molecular weight is 343 g/mol. The van der Waals surface area contributed by atoms with Gasteiger partial charge in [-0.05, 0) is 25.0 Å². The summed E-state index contributed by atoms with van der Waals surface area (Å²) in [5, 5.41) is 13.8. The smallest absolute Gasteiger partial charge is 0.311 e. The fourth-order valence-corrected chi connectivity index (χ4v) is 3.02. The maximum Gasteiger partial charge on any atom is 0.311 e. The molecule has 1 aliphatic carbocycles. The molecule has 108 valence electrons. The molecule has 20 heavy (non-hydrogen) atoms. The number of nitro benzene ring substituents is 1. The van der Waals surface area contributed by atoms with E-state index in [4.69, 9.17) is 4.74 Å². The van der Waals surface area contributed by atoms with Crippen LogP contribution in [0.25, 0.3) is 0 Å². The number of carbonyl (C=O) groups excluding carboxylic acids is 1. The molecule has 1 aliphatic rings. The van der Waals surface area contributed by atoms with E-state index in [-0.39, 0.29) is 33.8 Å². The van der Waals surface area contributed by atoms with Gasteiger partial charge in [-0.1, -0.05) is 22.4 Å². The van der Waals surface area contributed by atoms with Crippen LogP contribution in [-0.4, -0.2) is 28.8 Å². The van der Waals surface area contributed by atoms with Gasteiger partial charge < -0.3 is 10.1 Å². The van der Waals surface area contributed by atoms with Crippen molar-refractivity contribution < 1.29 is 14.5 Å². The second kappa shape index (κ2) is 6.21. The van der Waals surface area contributed by atoms with E-state index >= 15 is 0 Å². The van der Waals surface area contributed by atoms with Crippen LogP contribution in [0.3, 0.4) is 0 Å². The fraction of sp³-hybridized carbons (Fsp3) is 0.462. The first kappa shape index (κ1) is 14.8. The summed E-state index contributed by atoms with van der Waals surface area (Å²) in [6.45, 7) is 0. The number of carbonyl (C=O) groups is 1. The molecule has 0 spiro atoms. The topological polar surface area (TPSA) is 81.5 Å². The van der Waals surface area contributed by atoms with Crippen LogP contribution in [0.2, 0.25) is 0 Å². The van der Waals surface area contributed by atoms with Crippen molar-refractivity contribution in [2.75, 3.05) is 7.11 Å². The highest BCUT2D eigenvalue weighted by molar-refractivity contribution is 9.09. The summed E-state index contributed by atoms with van der Waals surface area (Å²) < 4.78 is 4.91. The lowest BCUT2D eigenvalue weighted by Crippen LogP contribution is -2.37. The minimum atomic E-state index is -0.557. The zero-order valence-corrected chi connectivity index (χ0v) is 12.6. The van der Waals surface area contributed by atoms with E-state index < -0.39 is 4.92 Å². The highest BCUT2D eigenvalue weighted by atomic mass is 79.9. The van der Waals surface area contributed by atoms with Crippen LogP contribution in [0, 0.1) is 10.1 Å². The molecule has 2 unspecified atom stereocenters. The van der Waals surface area contributed by atoms with Crippen molar-refractivity contribution >= 4 is 27.5 Å². The van der Waals surface area contributed by atoms with Crippen LogP contribution in [0.1, 0.15) is 29.6 Å². The number of hydrogen-bond acceptors (Lipinski definition) is 4. The summed E-state index contributed by atoms with van der Waals surface area (Å²) >= 11 is 3.52. The minimum Gasteiger partial charge on any atom is -0.490 e. The van der Waals surface area contributed by atoms with Crippen LogP contribution in [0.4, 0.5) is 5.69 Å². The van der Waals surface area contributed by atoms with Crippen LogP contribution in [0.15, 0.2) is 18.2 Å². The maximum absolute atomic E-state index is 12.1. The number of halogens is 1. The number of amides is 1. The van der Waals surface area contributed by atoms with Crippen molar-refractivity contribution in [3.63, 3.8) is 0 Å². The Balaban J connectivity index is 2.17. The number of ether oxygens (including phenoxy) is 1. The summed E-state index contributed by atoms with van der Waals surface area (Å²) in [6.07, 6.45) is 3.00. The van der Waals surface area contributed by atoms with Gasteiger partial charge in [0.2, 0.25) is 0 Å². The lowest BCUT2D eigenvalue weighted by atomic mass is 10.1. The molecule has 1 N–H and O–H groups in total. The Morgan fingerprint density at radius 2 is 2.25 bits per heavy atom. The molecule has 1 aromatic carbocycles. The normalized spacial score (nSPS) is 21.5. The van der Waals surface area contributed by atoms with Crippen LogP contribution >= 0.6 is 15.9 Å². The van der Waals surface area contributed by atoms with E-state index in [1.165, 1.54) is 25.3 Å². The van der Waals surface area contributed by atoms with Gasteiger partial charge in [0.05, 0.1) is 12.0 Å². The number of nitrogens with one attached hydrogen (secondary N) is 1. The molecule has 0 bridgehead atoms. The SMILES string of the molecule is COc1ccc(C(=O)NC2CCCC2Br)cc1[N+](=O)[O-]. The molecule has 2 rings (SSSR count). The second-order valence-electron chi connectivity index (χ2n) is 4.67. The number of methoxy groups -OCH3 is 1. The molecule has 1 fully saturated rings. The van der Waals surface area contributed by atoms with Gasteiger partial charge in [0.15, 0.2) is 5.75 Å². The molecule has 1 amide bonds. The third kappa shape index (κ3) is 3.09. The Hall–Kier alpha value is -1.63. The Kier molecular flexibility index (Phi) is 4.59. The zero-order valence-electron chi connectivity index (χ0n) is 11.0. The van der Waals surface area contributed by atoms with E-state index in [9.17, 15) is 14.9 Å². The summed E-state index contributed by atoms with van der Waals surface area (Å²) in [7, 11) is 1.36. The van der Waals surface area contributed by atoms with Crippen molar-refractivity contribution in [2.24, 2.45) is 0 Å². The van der Waals surface area contributed by atoms with Crippen molar-refractivity contribution in [3.05, 3.63) is 33.9 Å². The molecule has 7 heteroatoms. The van der Waals surface area contributed by atoms with Gasteiger partial charge in [0.1, 0.15) is 0 Å². The van der Waals surface area contributed by atoms with Crippen molar-refractivity contribution in [1.29, 1.82) is 0 Å². The number of benzene rings is 1. The third-order valence-electron chi connectivity index (χ3n) is 3.39. The van der Waals surface area contributed by atoms with Crippen molar-refractivity contribution in [1.82, 2.24) is 5.32 Å². The van der Waals surface area contributed by atoms with E-state index in [0.717, 1.165) is 19.3 Å². The predicted octanol–water partition coefficient (Wildman–Crippen LogP) is 2.65. The van der Waals surface area contributed by atoms with Crippen molar-refractivity contribution in [2.45, 2.75) is 30.1 Å². The molecular weight excluding hydrogens is 328 g/mol. The fourth-order valence-electron chi connectivity index (χ4n) is 2.30. The maximum atomic E-state index is 12.1. The third-order valence-corrected chi connectivity index (χ3v) is 4.48. The lowest BCUT2D eigenvalue weighted by Gasteiger charge is -2.16. The monoisotopic (exact) mass is 342 g/mol. The number of hydrogen-bond donors (Lipinski definition) is 1. The Morgan fingerprint density at radius 1 is 1.50 bits per heavy atom. The van der Waals surface area contributed by atoms with Gasteiger partial charge in [-0.3, -0.25) is 14.9 Å². The van der Waals surface area contributed by atoms with E-state index in [2.05, 4.69) is 21.2 Å². The highest BCUT2D eigenvalue weighted by Gasteiger charge is 2.27. The van der Waals surface area contributed by atoms with E-state index in [0.29, 0.717) is 0 Å². The first-order valence-corrected chi connectivity index (χ1v) is 7.22. The van der Waals surface area contributed by atoms with Crippen molar-refractivity contribution in [3.8, 4) is 5.75 Å². The Labute approximate surface area is 124 Å². The molecule has 0 aromatic heterocycles. The van der Waals surface area contributed by atoms with E-state index in [1.54, 1.807) is 0 Å². The van der Waals surface area contributed by atoms with Gasteiger partial charge in [-0.15, -0.1) is 0 Å². The van der Waals surface area contributed by atoms with Gasteiger partial charge >= 0.3 is 5.69 Å². The standard InChI is InChI=1S/C13H15BrN2O4/c1-20-12-6-5-8(7-11(12)16(18)19)13(17)15-10-4-2-3-9(10)14/h5-7,9-10H,2-4H2,1H3,(H,15,17). The van der Waals surface area contributed by atoms with Crippen LogP contribution < -0.4 is 10.1 Å². The average Bonchev–Trinajstić information content (AvgIpc) is 2.83. The second-order valence-corrected chi connectivity index (χ2v) is 5.85. The quantitative estimate of drug-likeness (QED) is 0.518. The lowest BCUT2D eigenvalue weighted by molar-refractivity contribution is -0.385. The van der Waals surface area contributed by atoms with Gasteiger partial charge in [-0.2, -0.15) is 0 Å². The van der Waals surface area contributed by atoms with Gasteiger partial charge in [0, 0.05) is 22.5 Å². The predicted molar refractivity (Wildman–Crippen MR) is 77.5 cm³/mol. The minimum absolute atomic E-state index is 0.0728. The number of alkyl halides is 1. The first-order chi connectivity index (χ1) is 9.52. The largest absolute Gasteiger partial charge is 0.490 e. The van der Waals surface area contributed by atoms with Crippen LogP contribution in [0.5, 0.6) is 5.75 Å². The molecule has 1 aromatic rings. The van der Waals surface area contributed by atoms with Gasteiger partial charge in [0.25, 0.3) is 5.91 Å². The van der Waals surface area contributed by atoms with Crippen LogP contribution in [-0.2, 0) is 0 Å². The Morgan fingerprint density at radius 3 is 2.80 bits per heavy atom. The summed E-state index contributed by atoms with van der Waals surface area (Å²) in [5.74, 6) is -0.155. The summed E-state index contributed by atoms with van der Waals surface area (Å²) in [5.41, 5.74) is 0.0612. The molecule has 6 nitrogen and oxygen atoms in total. The Bertz CT molecular complexity index is 535. The number of nitrogens with zero attached hydrogens (tertiary/aromatic N) is 1. The number of rotatable bonds is 4. The molecule has 0 heterocycles. The molecule has 0 radical (unpaired) electrons. The highest BCUT2D eigenvalue weighted by Crippen LogP contribution is 2.29. The zero-order chi connectivity index (χ0) is 14.7. The molecule has 0 saturated heterocycles. The van der Waals surface area contributed by atoms with Gasteiger partial charge in [-0.25, -0.2) is 0 Å². The molecule has 2 atom stereocenters. The van der Waals surface area contributed by atoms with E-state index in [1.807, 2.05) is 0 Å².